The third-order valence-electron chi connectivity index (χ3n) is 4.47. The number of halogens is 2. The number of rotatable bonds is 3. The van der Waals surface area contributed by atoms with Crippen LogP contribution >= 0.6 is 23.2 Å². The van der Waals surface area contributed by atoms with Gasteiger partial charge in [-0.05, 0) is 29.8 Å². The van der Waals surface area contributed by atoms with Crippen LogP contribution in [0.5, 0.6) is 0 Å². The van der Waals surface area contributed by atoms with Crippen molar-refractivity contribution in [3.05, 3.63) is 69.2 Å². The van der Waals surface area contributed by atoms with E-state index in [1.807, 2.05) is 12.1 Å². The molecule has 1 aliphatic rings. The van der Waals surface area contributed by atoms with E-state index in [4.69, 9.17) is 28.9 Å². The van der Waals surface area contributed by atoms with Crippen molar-refractivity contribution in [3.8, 4) is 0 Å². The minimum Gasteiger partial charge on any atom is -0.335 e. The first kappa shape index (κ1) is 18.7. The van der Waals surface area contributed by atoms with Gasteiger partial charge in [-0.25, -0.2) is 0 Å². The Hall–Kier alpha value is -2.08. The SMILES string of the molecule is NCc1ccc(C(=O)N2CCN(C(=O)c3cccc(Cl)c3Cl)CC2)cc1. The summed E-state index contributed by atoms with van der Waals surface area (Å²) in [7, 11) is 0. The molecule has 26 heavy (non-hydrogen) atoms. The number of nitrogens with zero attached hydrogens (tertiary/aromatic N) is 2. The van der Waals surface area contributed by atoms with Crippen molar-refractivity contribution in [3.63, 3.8) is 0 Å². The van der Waals surface area contributed by atoms with Crippen LogP contribution < -0.4 is 5.73 Å². The molecule has 1 saturated heterocycles. The summed E-state index contributed by atoms with van der Waals surface area (Å²) < 4.78 is 0. The highest BCUT2D eigenvalue weighted by Crippen LogP contribution is 2.27. The fourth-order valence-electron chi connectivity index (χ4n) is 2.92. The molecule has 0 atom stereocenters. The lowest BCUT2D eigenvalue weighted by Gasteiger charge is -2.35. The predicted octanol–water partition coefficient (Wildman–Crippen LogP) is 3.05. The number of carbonyl (C=O) groups is 2. The Balaban J connectivity index is 1.64. The molecule has 2 aromatic carbocycles. The van der Waals surface area contributed by atoms with Crippen LogP contribution in [0, 0.1) is 0 Å². The van der Waals surface area contributed by atoms with Gasteiger partial charge in [0.05, 0.1) is 15.6 Å². The maximum absolute atomic E-state index is 12.7. The van der Waals surface area contributed by atoms with E-state index >= 15 is 0 Å². The number of amides is 2. The van der Waals surface area contributed by atoms with Gasteiger partial charge in [-0.15, -0.1) is 0 Å². The number of nitrogens with two attached hydrogens (primary N) is 1. The quantitative estimate of drug-likeness (QED) is 0.873. The van der Waals surface area contributed by atoms with Crippen LogP contribution in [-0.2, 0) is 6.54 Å². The van der Waals surface area contributed by atoms with E-state index in [0.29, 0.717) is 48.9 Å². The summed E-state index contributed by atoms with van der Waals surface area (Å²) in [5.74, 6) is -0.210. The normalized spacial score (nSPS) is 14.4. The summed E-state index contributed by atoms with van der Waals surface area (Å²) in [4.78, 5) is 28.7. The summed E-state index contributed by atoms with van der Waals surface area (Å²) in [6.07, 6.45) is 0. The van der Waals surface area contributed by atoms with Crippen LogP contribution in [0.25, 0.3) is 0 Å². The monoisotopic (exact) mass is 391 g/mol. The Morgan fingerprint density at radius 3 is 2.04 bits per heavy atom. The molecule has 0 aliphatic carbocycles. The van der Waals surface area contributed by atoms with Gasteiger partial charge < -0.3 is 15.5 Å². The van der Waals surface area contributed by atoms with Crippen molar-refractivity contribution in [2.45, 2.75) is 6.54 Å². The lowest BCUT2D eigenvalue weighted by molar-refractivity contribution is 0.0535. The molecule has 136 valence electrons. The van der Waals surface area contributed by atoms with Gasteiger partial charge in [0.1, 0.15) is 0 Å². The molecule has 0 saturated carbocycles. The first-order chi connectivity index (χ1) is 12.5. The number of hydrogen-bond donors (Lipinski definition) is 1. The molecular weight excluding hydrogens is 373 g/mol. The molecule has 3 rings (SSSR count). The van der Waals surface area contributed by atoms with Crippen molar-refractivity contribution in [1.82, 2.24) is 9.80 Å². The Morgan fingerprint density at radius 2 is 1.46 bits per heavy atom. The van der Waals surface area contributed by atoms with Gasteiger partial charge in [-0.3, -0.25) is 9.59 Å². The first-order valence-electron chi connectivity index (χ1n) is 8.33. The minimum absolute atomic E-state index is 0.0403. The molecule has 0 bridgehead atoms. The minimum atomic E-state index is -0.170. The predicted molar refractivity (Wildman–Crippen MR) is 103 cm³/mol. The van der Waals surface area contributed by atoms with Crippen molar-refractivity contribution < 1.29 is 9.59 Å². The van der Waals surface area contributed by atoms with Crippen molar-refractivity contribution >= 4 is 35.0 Å². The van der Waals surface area contributed by atoms with E-state index in [1.165, 1.54) is 0 Å². The second kappa shape index (κ2) is 8.08. The van der Waals surface area contributed by atoms with Crippen molar-refractivity contribution in [2.24, 2.45) is 5.73 Å². The Bertz CT molecular complexity index is 816. The molecule has 0 unspecified atom stereocenters. The molecule has 0 spiro atoms. The molecular formula is C19H19Cl2N3O2. The molecule has 7 heteroatoms. The van der Waals surface area contributed by atoms with Crippen LogP contribution in [0.1, 0.15) is 26.3 Å². The van der Waals surface area contributed by atoms with Crippen LogP contribution in [0.4, 0.5) is 0 Å². The average Bonchev–Trinajstić information content (AvgIpc) is 2.69. The maximum atomic E-state index is 12.7. The molecule has 0 radical (unpaired) electrons. The zero-order chi connectivity index (χ0) is 18.7. The molecule has 1 fully saturated rings. The molecule has 1 aliphatic heterocycles. The van der Waals surface area contributed by atoms with Gasteiger partial charge in [-0.1, -0.05) is 41.4 Å². The summed E-state index contributed by atoms with van der Waals surface area (Å²) in [6.45, 7) is 2.30. The highest BCUT2D eigenvalue weighted by atomic mass is 35.5. The van der Waals surface area contributed by atoms with Crippen molar-refractivity contribution in [1.29, 1.82) is 0 Å². The number of benzene rings is 2. The zero-order valence-corrected chi connectivity index (χ0v) is 15.6. The van der Waals surface area contributed by atoms with Crippen LogP contribution in [0.15, 0.2) is 42.5 Å². The fraction of sp³-hybridized carbons (Fsp3) is 0.263. The molecule has 5 nitrogen and oxygen atoms in total. The Labute approximate surface area is 162 Å². The standard InChI is InChI=1S/C19H19Cl2N3O2/c20-16-3-1-2-15(17(16)21)19(26)24-10-8-23(9-11-24)18(25)14-6-4-13(12-22)5-7-14/h1-7H,8-12,22H2. The summed E-state index contributed by atoms with van der Waals surface area (Å²) in [5, 5.41) is 0.616. The smallest absolute Gasteiger partial charge is 0.255 e. The van der Waals surface area contributed by atoms with Crippen LogP contribution in [-0.4, -0.2) is 47.8 Å². The molecule has 1 heterocycles. The van der Waals surface area contributed by atoms with E-state index in [9.17, 15) is 9.59 Å². The third-order valence-corrected chi connectivity index (χ3v) is 5.29. The summed E-state index contributed by atoms with van der Waals surface area (Å²) in [5.41, 5.74) is 7.57. The van der Waals surface area contributed by atoms with E-state index in [0.717, 1.165) is 5.56 Å². The van der Waals surface area contributed by atoms with E-state index in [2.05, 4.69) is 0 Å². The van der Waals surface area contributed by atoms with Gasteiger partial charge in [0.2, 0.25) is 0 Å². The maximum Gasteiger partial charge on any atom is 0.255 e. The van der Waals surface area contributed by atoms with Gasteiger partial charge in [-0.2, -0.15) is 0 Å². The van der Waals surface area contributed by atoms with Crippen LogP contribution in [0.2, 0.25) is 10.0 Å². The largest absolute Gasteiger partial charge is 0.335 e. The third kappa shape index (κ3) is 3.85. The number of hydrogen-bond acceptors (Lipinski definition) is 3. The second-order valence-corrected chi connectivity index (χ2v) is 6.87. The lowest BCUT2D eigenvalue weighted by atomic mass is 10.1. The zero-order valence-electron chi connectivity index (χ0n) is 14.1. The first-order valence-corrected chi connectivity index (χ1v) is 9.08. The topological polar surface area (TPSA) is 66.6 Å². The fourth-order valence-corrected chi connectivity index (χ4v) is 3.30. The highest BCUT2D eigenvalue weighted by Gasteiger charge is 2.26. The van der Waals surface area contributed by atoms with Gasteiger partial charge >= 0.3 is 0 Å². The van der Waals surface area contributed by atoms with Crippen molar-refractivity contribution in [2.75, 3.05) is 26.2 Å². The molecule has 2 N–H and O–H groups in total. The highest BCUT2D eigenvalue weighted by molar-refractivity contribution is 6.43. The summed E-state index contributed by atoms with van der Waals surface area (Å²) >= 11 is 12.1. The van der Waals surface area contributed by atoms with E-state index in [1.54, 1.807) is 40.1 Å². The number of carbonyl (C=O) groups excluding carboxylic acids is 2. The summed E-state index contributed by atoms with van der Waals surface area (Å²) in [6, 6.07) is 12.3. The van der Waals surface area contributed by atoms with E-state index in [-0.39, 0.29) is 16.8 Å². The molecule has 2 amide bonds. The van der Waals surface area contributed by atoms with Gasteiger partial charge in [0.25, 0.3) is 11.8 Å². The Kier molecular flexibility index (Phi) is 5.81. The molecule has 0 aromatic heterocycles. The van der Waals surface area contributed by atoms with Gasteiger partial charge in [0, 0.05) is 38.3 Å². The van der Waals surface area contributed by atoms with E-state index < -0.39 is 0 Å². The second-order valence-electron chi connectivity index (χ2n) is 6.09. The number of piperazine rings is 1. The van der Waals surface area contributed by atoms with Crippen LogP contribution in [0.3, 0.4) is 0 Å². The van der Waals surface area contributed by atoms with Gasteiger partial charge in [0.15, 0.2) is 0 Å². The average molecular weight is 392 g/mol. The molecule has 2 aromatic rings. The Morgan fingerprint density at radius 1 is 0.885 bits per heavy atom. The lowest BCUT2D eigenvalue weighted by Crippen LogP contribution is -2.50.